The molecule has 0 spiro atoms. The van der Waals surface area contributed by atoms with E-state index >= 15 is 0 Å². The third-order valence-electron chi connectivity index (χ3n) is 5.38. The summed E-state index contributed by atoms with van der Waals surface area (Å²) in [4.78, 5) is 25.2. The van der Waals surface area contributed by atoms with Crippen molar-refractivity contribution in [2.45, 2.75) is 11.8 Å². The second-order valence-electron chi connectivity index (χ2n) is 6.31. The van der Waals surface area contributed by atoms with E-state index in [0.717, 1.165) is 22.3 Å². The predicted octanol–water partition coefficient (Wildman–Crippen LogP) is 2.52. The van der Waals surface area contributed by atoms with Crippen molar-refractivity contribution >= 4 is 11.9 Å². The van der Waals surface area contributed by atoms with Gasteiger partial charge in [0.25, 0.3) is 0 Å². The quantitative estimate of drug-likeness (QED) is 0.530. The summed E-state index contributed by atoms with van der Waals surface area (Å²) in [7, 11) is 0. The first-order chi connectivity index (χ1) is 11.3. The molecule has 4 aliphatic rings. The van der Waals surface area contributed by atoms with Gasteiger partial charge < -0.3 is 0 Å². The van der Waals surface area contributed by atoms with Crippen LogP contribution >= 0.6 is 0 Å². The zero-order chi connectivity index (χ0) is 15.6. The summed E-state index contributed by atoms with van der Waals surface area (Å²) in [5, 5.41) is 0. The Kier molecular flexibility index (Phi) is 2.93. The van der Waals surface area contributed by atoms with E-state index in [2.05, 4.69) is 24.3 Å². The van der Waals surface area contributed by atoms with Crippen molar-refractivity contribution in [1.82, 2.24) is 0 Å². The van der Waals surface area contributed by atoms with Crippen LogP contribution < -0.4 is 0 Å². The number of hydrogen-bond acceptors (Lipinski definition) is 4. The van der Waals surface area contributed by atoms with Gasteiger partial charge in [0.1, 0.15) is 0 Å². The maximum atomic E-state index is 12.6. The Morgan fingerprint density at radius 1 is 0.652 bits per heavy atom. The molecule has 2 bridgehead atoms. The number of carbonyl (C=O) groups excluding carboxylic acids is 2. The molecular formula is C18H12HgO4. The monoisotopic (exact) mass is 494 g/mol. The van der Waals surface area contributed by atoms with Crippen LogP contribution in [0.1, 0.15) is 34.1 Å². The molecule has 4 nitrogen and oxygen atoms in total. The molecule has 1 aliphatic heterocycles. The summed E-state index contributed by atoms with van der Waals surface area (Å²) in [5.74, 6) is -1.57. The van der Waals surface area contributed by atoms with Gasteiger partial charge in [-0.25, -0.2) is 0 Å². The predicted molar refractivity (Wildman–Crippen MR) is 75.7 cm³/mol. The molecule has 2 atom stereocenters. The minimum atomic E-state index is -2.33. The third-order valence-corrected chi connectivity index (χ3v) is 8.51. The number of benzene rings is 2. The zero-order valence-electron chi connectivity index (χ0n) is 12.3. The molecule has 1 heterocycles. The van der Waals surface area contributed by atoms with E-state index in [1.54, 1.807) is 0 Å². The third kappa shape index (κ3) is 1.75. The summed E-state index contributed by atoms with van der Waals surface area (Å²) in [6.45, 7) is 0. The second-order valence-corrected chi connectivity index (χ2v) is 9.47. The number of carbonyl (C=O) groups is 2. The molecule has 110 valence electrons. The Labute approximate surface area is 146 Å². The summed E-state index contributed by atoms with van der Waals surface area (Å²) >= 11 is -2.33. The fourth-order valence-electron chi connectivity index (χ4n) is 4.58. The van der Waals surface area contributed by atoms with Crippen LogP contribution in [0.2, 0.25) is 0 Å². The average Bonchev–Trinajstić information content (AvgIpc) is 2.74. The second kappa shape index (κ2) is 4.90. The van der Waals surface area contributed by atoms with Crippen molar-refractivity contribution in [3.05, 3.63) is 70.8 Å². The summed E-state index contributed by atoms with van der Waals surface area (Å²) < 4.78 is 10.7. The van der Waals surface area contributed by atoms with Crippen LogP contribution in [0.15, 0.2) is 48.5 Å². The summed E-state index contributed by atoms with van der Waals surface area (Å²) in [6.07, 6.45) is 0. The molecule has 5 heteroatoms. The van der Waals surface area contributed by atoms with Crippen LogP contribution in [-0.2, 0) is 40.4 Å². The molecule has 2 aromatic carbocycles. The van der Waals surface area contributed by atoms with Crippen molar-refractivity contribution in [3.8, 4) is 0 Å². The van der Waals surface area contributed by atoms with Crippen LogP contribution in [0.3, 0.4) is 0 Å². The van der Waals surface area contributed by atoms with Crippen LogP contribution in [-0.4, -0.2) is 11.9 Å². The Morgan fingerprint density at radius 2 is 1.00 bits per heavy atom. The number of rotatable bonds is 0. The molecule has 0 amide bonds. The summed E-state index contributed by atoms with van der Waals surface area (Å²) in [5.41, 5.74) is 4.61. The van der Waals surface area contributed by atoms with Crippen LogP contribution in [0.4, 0.5) is 0 Å². The maximum absolute atomic E-state index is 12.6. The van der Waals surface area contributed by atoms with Crippen LogP contribution in [0.25, 0.3) is 0 Å². The normalized spacial score (nSPS) is 29.7. The molecule has 0 aromatic heterocycles. The van der Waals surface area contributed by atoms with Gasteiger partial charge in [-0.15, -0.1) is 0 Å². The van der Waals surface area contributed by atoms with Gasteiger partial charge in [0.05, 0.1) is 0 Å². The Hall–Kier alpha value is -1.68. The van der Waals surface area contributed by atoms with Crippen molar-refractivity contribution in [2.75, 3.05) is 0 Å². The van der Waals surface area contributed by atoms with Crippen molar-refractivity contribution in [1.29, 1.82) is 0 Å². The van der Waals surface area contributed by atoms with Gasteiger partial charge in [0, 0.05) is 0 Å². The average molecular weight is 493 g/mol. The molecule has 1 saturated heterocycles. The first-order valence-corrected chi connectivity index (χ1v) is 12.3. The van der Waals surface area contributed by atoms with Crippen LogP contribution in [0, 0.1) is 11.8 Å². The van der Waals surface area contributed by atoms with Gasteiger partial charge >= 0.3 is 147 Å². The van der Waals surface area contributed by atoms with E-state index in [0.29, 0.717) is 0 Å². The van der Waals surface area contributed by atoms with Crippen molar-refractivity contribution < 1.29 is 40.4 Å². The zero-order valence-corrected chi connectivity index (χ0v) is 17.8. The molecule has 0 N–H and O–H groups in total. The molecule has 3 aliphatic carbocycles. The van der Waals surface area contributed by atoms with Crippen molar-refractivity contribution in [2.24, 2.45) is 11.8 Å². The van der Waals surface area contributed by atoms with Crippen LogP contribution in [0.5, 0.6) is 0 Å². The first-order valence-electron chi connectivity index (χ1n) is 7.78. The molecule has 2 unspecified atom stereocenters. The standard InChI is InChI=1S/C18H14O4.Hg/c19-17(20)15-13-9-5-1-2-6-10(9)14(16(15)18(21)22)12-8-4-3-7-11(12)13;/h1-8,13-16H,(H,19,20)(H,21,22);/q;+2/p-2. The SMILES string of the molecule is O=C1[O][Hg][O]C(=O)C2C3c4ccccc4C(c4ccccc43)C12. The Balaban J connectivity index is 1.84. The fraction of sp³-hybridized carbons (Fsp3) is 0.222. The molecule has 2 aromatic rings. The fourth-order valence-corrected chi connectivity index (χ4v) is 7.21. The van der Waals surface area contributed by atoms with Gasteiger partial charge in [-0.3, -0.25) is 0 Å². The van der Waals surface area contributed by atoms with Gasteiger partial charge in [0.15, 0.2) is 0 Å². The van der Waals surface area contributed by atoms with E-state index in [9.17, 15) is 9.59 Å². The van der Waals surface area contributed by atoms with E-state index in [1.807, 2.05) is 24.3 Å². The van der Waals surface area contributed by atoms with E-state index in [-0.39, 0.29) is 23.8 Å². The minimum absolute atomic E-state index is 0.107. The van der Waals surface area contributed by atoms with Gasteiger partial charge in [0.2, 0.25) is 0 Å². The summed E-state index contributed by atoms with van der Waals surface area (Å²) in [6, 6.07) is 16.3. The Morgan fingerprint density at radius 3 is 1.35 bits per heavy atom. The van der Waals surface area contributed by atoms with E-state index < -0.39 is 37.3 Å². The number of hydrogen-bond donors (Lipinski definition) is 0. The molecule has 0 radical (unpaired) electrons. The molecule has 1 fully saturated rings. The van der Waals surface area contributed by atoms with Gasteiger partial charge in [-0.2, -0.15) is 0 Å². The van der Waals surface area contributed by atoms with E-state index in [1.165, 1.54) is 0 Å². The van der Waals surface area contributed by atoms with E-state index in [4.69, 9.17) is 5.29 Å². The first kappa shape index (κ1) is 13.7. The van der Waals surface area contributed by atoms with Crippen molar-refractivity contribution in [3.63, 3.8) is 0 Å². The van der Waals surface area contributed by atoms with Gasteiger partial charge in [-0.1, -0.05) is 0 Å². The molecule has 23 heavy (non-hydrogen) atoms. The molecule has 0 saturated carbocycles. The van der Waals surface area contributed by atoms with Gasteiger partial charge in [-0.05, 0) is 0 Å². The Bertz CT molecular complexity index is 731. The topological polar surface area (TPSA) is 52.6 Å². The molecule has 6 rings (SSSR count). The molecular weight excluding hydrogens is 481 g/mol.